The molecule has 2 heterocycles. The first-order chi connectivity index (χ1) is 10.9. The predicted octanol–water partition coefficient (Wildman–Crippen LogP) is 1.97. The van der Waals surface area contributed by atoms with Crippen molar-refractivity contribution in [1.82, 2.24) is 5.43 Å². The second-order valence-corrected chi connectivity index (χ2v) is 8.14. The van der Waals surface area contributed by atoms with E-state index in [1.807, 2.05) is 19.1 Å². The quantitative estimate of drug-likeness (QED) is 0.842. The van der Waals surface area contributed by atoms with Crippen LogP contribution in [0.4, 0.5) is 5.69 Å². The number of sulfonamides is 1. The molecule has 1 aromatic carbocycles. The number of hydrogen-bond donors (Lipinski definition) is 1. The van der Waals surface area contributed by atoms with Gasteiger partial charge >= 0.3 is 0 Å². The van der Waals surface area contributed by atoms with Crippen LogP contribution in [-0.4, -0.2) is 32.8 Å². The second kappa shape index (κ2) is 5.78. The van der Waals surface area contributed by atoms with Crippen molar-refractivity contribution in [3.8, 4) is 0 Å². The number of nitrogens with one attached hydrogen (secondary N) is 1. The molecule has 6 nitrogen and oxygen atoms in total. The molecule has 0 spiro atoms. The number of carbonyl (C=O) groups excluding carboxylic acids is 1. The Hall–Kier alpha value is -2.19. The molecule has 0 saturated heterocycles. The van der Waals surface area contributed by atoms with Gasteiger partial charge in [0.15, 0.2) is 0 Å². The van der Waals surface area contributed by atoms with Crippen molar-refractivity contribution < 1.29 is 13.2 Å². The van der Waals surface area contributed by atoms with E-state index < -0.39 is 10.0 Å². The van der Waals surface area contributed by atoms with Gasteiger partial charge in [0.2, 0.25) is 10.0 Å². The average Bonchev–Trinajstić information content (AvgIpc) is 2.99. The number of rotatable bonds is 2. The summed E-state index contributed by atoms with van der Waals surface area (Å²) in [6.07, 6.45) is 0. The third-order valence-corrected chi connectivity index (χ3v) is 6.21. The van der Waals surface area contributed by atoms with Gasteiger partial charge in [0, 0.05) is 12.6 Å². The van der Waals surface area contributed by atoms with Gasteiger partial charge in [-0.1, -0.05) is 17.7 Å². The van der Waals surface area contributed by atoms with Crippen LogP contribution in [0, 0.1) is 6.92 Å². The minimum Gasteiger partial charge on any atom is -0.271 e. The Bertz CT molecular complexity index is 883. The molecule has 0 fully saturated rings. The number of thiophene rings is 1. The summed E-state index contributed by atoms with van der Waals surface area (Å²) in [7, 11) is -1.94. The fraction of sp³-hybridized carbons (Fsp3) is 0.200. The average molecular weight is 349 g/mol. The molecule has 2 aromatic rings. The molecule has 0 atom stereocenters. The maximum Gasteiger partial charge on any atom is 0.271 e. The molecule has 1 N–H and O–H groups in total. The van der Waals surface area contributed by atoms with Gasteiger partial charge < -0.3 is 0 Å². The molecule has 0 saturated carbocycles. The predicted molar refractivity (Wildman–Crippen MR) is 91.7 cm³/mol. The first-order valence-electron chi connectivity index (χ1n) is 6.86. The van der Waals surface area contributed by atoms with Crippen molar-refractivity contribution in [1.29, 1.82) is 0 Å². The summed E-state index contributed by atoms with van der Waals surface area (Å²) in [6, 6.07) is 8.80. The first-order valence-corrected chi connectivity index (χ1v) is 9.35. The molecule has 1 amide bonds. The van der Waals surface area contributed by atoms with E-state index in [0.717, 1.165) is 10.4 Å². The molecule has 0 radical (unpaired) electrons. The zero-order chi connectivity index (χ0) is 16.6. The summed E-state index contributed by atoms with van der Waals surface area (Å²) < 4.78 is 25.5. The maximum absolute atomic E-state index is 12.1. The highest BCUT2D eigenvalue weighted by molar-refractivity contribution is 7.93. The van der Waals surface area contributed by atoms with E-state index in [1.54, 1.807) is 23.6 Å². The number of hydrazone groups is 1. The van der Waals surface area contributed by atoms with Crippen LogP contribution in [0.1, 0.15) is 20.8 Å². The van der Waals surface area contributed by atoms with E-state index in [4.69, 9.17) is 0 Å². The van der Waals surface area contributed by atoms with Gasteiger partial charge in [-0.3, -0.25) is 9.10 Å². The standard InChI is InChI=1S/C15H15N3O3S2/c1-10-3-5-11(6-4-10)15(19)17-16-12-9-23(20,21)18(2)13-7-8-22-14(12)13/h3-8H,9H2,1-2H3,(H,17,19)/b16-12+. The van der Waals surface area contributed by atoms with Gasteiger partial charge in [0.25, 0.3) is 5.91 Å². The van der Waals surface area contributed by atoms with Gasteiger partial charge in [0.1, 0.15) is 5.75 Å². The van der Waals surface area contributed by atoms with Gasteiger partial charge in [-0.25, -0.2) is 13.8 Å². The molecule has 1 aromatic heterocycles. The molecular weight excluding hydrogens is 334 g/mol. The lowest BCUT2D eigenvalue weighted by molar-refractivity contribution is 0.0955. The number of nitrogens with zero attached hydrogens (tertiary/aromatic N) is 2. The van der Waals surface area contributed by atoms with Crippen LogP contribution in [0.5, 0.6) is 0 Å². The Morgan fingerprint density at radius 2 is 1.96 bits per heavy atom. The summed E-state index contributed by atoms with van der Waals surface area (Å²) >= 11 is 1.40. The Balaban J connectivity index is 1.87. The largest absolute Gasteiger partial charge is 0.271 e. The lowest BCUT2D eigenvalue weighted by atomic mass is 10.1. The summed E-state index contributed by atoms with van der Waals surface area (Å²) in [6.45, 7) is 1.93. The third kappa shape index (κ3) is 2.99. The Labute approximate surface area is 138 Å². The second-order valence-electron chi connectivity index (χ2n) is 5.22. The number of amides is 1. The highest BCUT2D eigenvalue weighted by atomic mass is 32.2. The van der Waals surface area contributed by atoms with E-state index in [1.165, 1.54) is 22.7 Å². The van der Waals surface area contributed by atoms with Crippen LogP contribution < -0.4 is 9.73 Å². The zero-order valence-electron chi connectivity index (χ0n) is 12.6. The lowest BCUT2D eigenvalue weighted by Crippen LogP contribution is -2.38. The van der Waals surface area contributed by atoms with Crippen molar-refractivity contribution in [2.24, 2.45) is 5.10 Å². The third-order valence-electron chi connectivity index (χ3n) is 3.59. The van der Waals surface area contributed by atoms with Crippen LogP contribution >= 0.6 is 11.3 Å². The Morgan fingerprint density at radius 1 is 1.26 bits per heavy atom. The van der Waals surface area contributed by atoms with E-state index in [9.17, 15) is 13.2 Å². The number of carbonyl (C=O) groups is 1. The summed E-state index contributed by atoms with van der Waals surface area (Å²) in [5.74, 6) is -0.600. The minimum atomic E-state index is -3.45. The van der Waals surface area contributed by atoms with Crippen LogP contribution in [0.3, 0.4) is 0 Å². The van der Waals surface area contributed by atoms with Gasteiger partial charge in [-0.2, -0.15) is 5.10 Å². The van der Waals surface area contributed by atoms with Crippen LogP contribution in [0.25, 0.3) is 0 Å². The van der Waals surface area contributed by atoms with Crippen LogP contribution in [-0.2, 0) is 10.0 Å². The summed E-state index contributed by atoms with van der Waals surface area (Å²) in [4.78, 5) is 12.9. The van der Waals surface area contributed by atoms with E-state index in [0.29, 0.717) is 17.0 Å². The SMILES string of the molecule is Cc1ccc(C(=O)N/N=C2\CS(=O)(=O)N(C)c3ccsc32)cc1. The van der Waals surface area contributed by atoms with Gasteiger partial charge in [-0.15, -0.1) is 11.3 Å². The minimum absolute atomic E-state index is 0.231. The molecule has 0 bridgehead atoms. The van der Waals surface area contributed by atoms with Crippen molar-refractivity contribution in [2.75, 3.05) is 17.1 Å². The number of hydrogen-bond acceptors (Lipinski definition) is 5. The highest BCUT2D eigenvalue weighted by Gasteiger charge is 2.32. The maximum atomic E-state index is 12.1. The molecular formula is C15H15N3O3S2. The summed E-state index contributed by atoms with van der Waals surface area (Å²) in [5.41, 5.74) is 4.91. The van der Waals surface area contributed by atoms with Crippen molar-refractivity contribution in [2.45, 2.75) is 6.92 Å². The summed E-state index contributed by atoms with van der Waals surface area (Å²) in [5, 5.41) is 5.85. The van der Waals surface area contributed by atoms with Gasteiger partial charge in [-0.05, 0) is 30.5 Å². The number of benzene rings is 1. The highest BCUT2D eigenvalue weighted by Crippen LogP contribution is 2.32. The number of aryl methyl sites for hydroxylation is 1. The van der Waals surface area contributed by atoms with Crippen LogP contribution in [0.2, 0.25) is 0 Å². The topological polar surface area (TPSA) is 78.8 Å². The smallest absolute Gasteiger partial charge is 0.271 e. The van der Waals surface area contributed by atoms with E-state index >= 15 is 0 Å². The molecule has 0 aliphatic carbocycles. The molecule has 120 valence electrons. The van der Waals surface area contributed by atoms with E-state index in [2.05, 4.69) is 10.5 Å². The first kappa shape index (κ1) is 15.7. The normalized spacial score (nSPS) is 17.8. The van der Waals surface area contributed by atoms with Crippen molar-refractivity contribution in [3.63, 3.8) is 0 Å². The zero-order valence-corrected chi connectivity index (χ0v) is 14.2. The molecule has 3 rings (SSSR count). The fourth-order valence-electron chi connectivity index (χ4n) is 2.22. The molecule has 0 unspecified atom stereocenters. The number of anilines is 1. The fourth-order valence-corrected chi connectivity index (χ4v) is 4.48. The molecule has 1 aliphatic rings. The Kier molecular flexibility index (Phi) is 3.95. The van der Waals surface area contributed by atoms with Crippen LogP contribution in [0.15, 0.2) is 40.8 Å². The molecule has 8 heteroatoms. The number of fused-ring (bicyclic) bond motifs is 1. The van der Waals surface area contributed by atoms with Crippen molar-refractivity contribution in [3.05, 3.63) is 51.7 Å². The Morgan fingerprint density at radius 3 is 2.65 bits per heavy atom. The molecule has 23 heavy (non-hydrogen) atoms. The molecule has 1 aliphatic heterocycles. The monoisotopic (exact) mass is 349 g/mol. The van der Waals surface area contributed by atoms with E-state index in [-0.39, 0.29) is 11.7 Å². The van der Waals surface area contributed by atoms with Crippen molar-refractivity contribution >= 4 is 38.7 Å². The van der Waals surface area contributed by atoms with Gasteiger partial charge in [0.05, 0.1) is 16.3 Å². The lowest BCUT2D eigenvalue weighted by Gasteiger charge is -2.25.